The zero-order valence-corrected chi connectivity index (χ0v) is 22.3. The maximum atomic E-state index is 14.8. The molecule has 3 aromatic rings. The number of carbonyl (C=O) groups is 2. The lowest BCUT2D eigenvalue weighted by atomic mass is 9.81. The van der Waals surface area contributed by atoms with Crippen molar-refractivity contribution in [1.82, 2.24) is 35.1 Å². The number of hydrogen-bond acceptors (Lipinski definition) is 6. The second kappa shape index (κ2) is 12.4. The molecular formula is C24H26ClF5N8O3. The summed E-state index contributed by atoms with van der Waals surface area (Å²) in [4.78, 5) is 38.6. The van der Waals surface area contributed by atoms with Gasteiger partial charge in [-0.3, -0.25) is 23.7 Å². The molecule has 4 rings (SSSR count). The molecule has 3 N–H and O–H groups in total. The van der Waals surface area contributed by atoms with E-state index in [-0.39, 0.29) is 29.3 Å². The van der Waals surface area contributed by atoms with Gasteiger partial charge in [-0.2, -0.15) is 14.6 Å². The van der Waals surface area contributed by atoms with E-state index in [2.05, 4.69) is 31.0 Å². The Labute approximate surface area is 234 Å². The van der Waals surface area contributed by atoms with Crippen LogP contribution in [0.3, 0.4) is 0 Å². The Balaban J connectivity index is 1.58. The quantitative estimate of drug-likeness (QED) is 0.302. The maximum Gasteiger partial charge on any atom is 0.270 e. The molecule has 3 heterocycles. The van der Waals surface area contributed by atoms with Gasteiger partial charge >= 0.3 is 0 Å². The lowest BCUT2D eigenvalue weighted by molar-refractivity contribution is -0.121. The van der Waals surface area contributed by atoms with E-state index in [1.165, 1.54) is 19.1 Å². The van der Waals surface area contributed by atoms with Crippen molar-refractivity contribution in [1.29, 1.82) is 0 Å². The number of amides is 2. The zero-order valence-electron chi connectivity index (χ0n) is 21.6. The topological polar surface area (TPSA) is 140 Å². The van der Waals surface area contributed by atoms with E-state index in [0.717, 1.165) is 21.8 Å². The van der Waals surface area contributed by atoms with Crippen molar-refractivity contribution in [3.63, 3.8) is 0 Å². The van der Waals surface area contributed by atoms with Gasteiger partial charge in [0, 0.05) is 24.6 Å². The first-order chi connectivity index (χ1) is 19.4. The first-order valence-corrected chi connectivity index (χ1v) is 13.0. The van der Waals surface area contributed by atoms with E-state index >= 15 is 0 Å². The number of anilines is 1. The second-order valence-electron chi connectivity index (χ2n) is 9.72. The smallest absolute Gasteiger partial charge is 0.270 e. The Morgan fingerprint density at radius 3 is 2.59 bits per heavy atom. The van der Waals surface area contributed by atoms with Crippen molar-refractivity contribution in [2.24, 2.45) is 5.92 Å². The van der Waals surface area contributed by atoms with Gasteiger partial charge in [0.25, 0.3) is 17.4 Å². The van der Waals surface area contributed by atoms with Gasteiger partial charge in [-0.25, -0.2) is 22.7 Å². The number of nitrogens with zero attached hydrogens (tertiary/aromatic N) is 5. The Hall–Kier alpha value is -3.82. The lowest BCUT2D eigenvalue weighted by Crippen LogP contribution is -2.50. The van der Waals surface area contributed by atoms with Crippen LogP contribution in [0.1, 0.15) is 60.7 Å². The van der Waals surface area contributed by atoms with Gasteiger partial charge in [-0.1, -0.05) is 11.6 Å². The summed E-state index contributed by atoms with van der Waals surface area (Å²) in [6.45, 7) is -0.784. The summed E-state index contributed by atoms with van der Waals surface area (Å²) in [5.74, 6) is -6.67. The number of rotatable bonds is 10. The molecule has 1 fully saturated rings. The van der Waals surface area contributed by atoms with Crippen molar-refractivity contribution in [3.8, 4) is 0 Å². The first-order valence-electron chi connectivity index (χ1n) is 12.6. The number of carbonyl (C=O) groups excluding carboxylic acids is 2. The summed E-state index contributed by atoms with van der Waals surface area (Å²) in [6.07, 6.45) is 0.929. The largest absolute Gasteiger partial charge is 0.339 e. The highest BCUT2D eigenvalue weighted by atomic mass is 35.5. The third kappa shape index (κ3) is 6.74. The van der Waals surface area contributed by atoms with E-state index in [9.17, 15) is 36.3 Å². The van der Waals surface area contributed by atoms with Gasteiger partial charge in [0.15, 0.2) is 0 Å². The molecule has 1 aliphatic carbocycles. The standard InChI is InChI=1S/C24H26ClF5N8O3/c1-12(15-8-18(25)34-35-21(15)39)37-11-16(20(28)36-37)32-23(41)19(13-2-5-24(29,30)6-3-13)33-22(40)17-4-7-31-38(17)14(9-26)10-27/h4,7-8,11-14,19H,2-3,5-6,9-10H2,1H3,(H,32,41)(H,33,40)(H,35,39)/t12?,19-/m0/s1. The molecule has 1 saturated carbocycles. The highest BCUT2D eigenvalue weighted by molar-refractivity contribution is 6.29. The summed E-state index contributed by atoms with van der Waals surface area (Å²) in [5, 5.41) is 18.0. The van der Waals surface area contributed by atoms with Crippen molar-refractivity contribution in [3.05, 3.63) is 57.2 Å². The van der Waals surface area contributed by atoms with Crippen molar-refractivity contribution in [2.45, 2.75) is 56.7 Å². The molecule has 0 bridgehead atoms. The molecule has 0 saturated heterocycles. The van der Waals surface area contributed by atoms with E-state index in [1.54, 1.807) is 0 Å². The second-order valence-corrected chi connectivity index (χ2v) is 10.1. The van der Waals surface area contributed by atoms with Crippen LogP contribution in [-0.4, -0.2) is 66.9 Å². The fraction of sp³-hybridized carbons (Fsp3) is 0.500. The Bertz CT molecular complexity index is 1450. The predicted octanol–water partition coefficient (Wildman–Crippen LogP) is 3.61. The minimum Gasteiger partial charge on any atom is -0.339 e. The highest BCUT2D eigenvalue weighted by Gasteiger charge is 2.41. The fourth-order valence-corrected chi connectivity index (χ4v) is 4.84. The van der Waals surface area contributed by atoms with Crippen LogP contribution < -0.4 is 16.2 Å². The summed E-state index contributed by atoms with van der Waals surface area (Å²) >= 11 is 5.84. The minimum atomic E-state index is -2.94. The molecule has 0 aromatic carbocycles. The first kappa shape index (κ1) is 30.1. The molecule has 1 aliphatic rings. The molecule has 0 radical (unpaired) electrons. The number of aromatic nitrogens is 6. The molecule has 0 aliphatic heterocycles. The molecule has 1 unspecified atom stereocenters. The fourth-order valence-electron chi connectivity index (χ4n) is 4.68. The van der Waals surface area contributed by atoms with Crippen LogP contribution in [0.5, 0.6) is 0 Å². The molecular weight excluding hydrogens is 579 g/mol. The predicted molar refractivity (Wildman–Crippen MR) is 136 cm³/mol. The van der Waals surface area contributed by atoms with E-state index in [1.807, 2.05) is 0 Å². The monoisotopic (exact) mass is 604 g/mol. The summed E-state index contributed by atoms with van der Waals surface area (Å²) in [5.41, 5.74) is -1.14. The van der Waals surface area contributed by atoms with E-state index in [4.69, 9.17) is 11.6 Å². The van der Waals surface area contributed by atoms with Gasteiger partial charge in [0.1, 0.15) is 42.0 Å². The third-order valence-corrected chi connectivity index (χ3v) is 7.19. The highest BCUT2D eigenvalue weighted by Crippen LogP contribution is 2.38. The van der Waals surface area contributed by atoms with Crippen LogP contribution in [-0.2, 0) is 4.79 Å². The molecule has 2 amide bonds. The van der Waals surface area contributed by atoms with Crippen molar-refractivity contribution >= 4 is 29.1 Å². The number of aromatic amines is 1. The Morgan fingerprint density at radius 1 is 1.24 bits per heavy atom. The Morgan fingerprint density at radius 2 is 1.93 bits per heavy atom. The van der Waals surface area contributed by atoms with Crippen molar-refractivity contribution < 1.29 is 31.5 Å². The maximum absolute atomic E-state index is 14.8. The summed E-state index contributed by atoms with van der Waals surface area (Å²) in [6, 6.07) is -1.17. The van der Waals surface area contributed by atoms with Gasteiger partial charge in [-0.15, -0.1) is 5.10 Å². The van der Waals surface area contributed by atoms with Crippen LogP contribution >= 0.6 is 11.6 Å². The molecule has 11 nitrogen and oxygen atoms in total. The Kier molecular flexibility index (Phi) is 9.09. The normalized spacial score (nSPS) is 16.9. The molecule has 17 heteroatoms. The van der Waals surface area contributed by atoms with Crippen LogP contribution in [0, 0.1) is 11.9 Å². The van der Waals surface area contributed by atoms with Gasteiger partial charge in [0.05, 0.1) is 12.2 Å². The summed E-state index contributed by atoms with van der Waals surface area (Å²) < 4.78 is 70.9. The number of nitrogens with one attached hydrogen (secondary N) is 3. The molecule has 2 atom stereocenters. The number of H-pyrrole nitrogens is 1. The molecule has 222 valence electrons. The van der Waals surface area contributed by atoms with Crippen molar-refractivity contribution in [2.75, 3.05) is 18.7 Å². The molecule has 0 spiro atoms. The van der Waals surface area contributed by atoms with Gasteiger partial charge in [-0.05, 0) is 37.8 Å². The zero-order chi connectivity index (χ0) is 29.9. The van der Waals surface area contributed by atoms with Crippen LogP contribution in [0.4, 0.5) is 27.6 Å². The van der Waals surface area contributed by atoms with Gasteiger partial charge < -0.3 is 10.6 Å². The summed E-state index contributed by atoms with van der Waals surface area (Å²) in [7, 11) is 0. The van der Waals surface area contributed by atoms with Crippen LogP contribution in [0.2, 0.25) is 5.15 Å². The molecule has 41 heavy (non-hydrogen) atoms. The van der Waals surface area contributed by atoms with Crippen LogP contribution in [0.15, 0.2) is 29.3 Å². The average molecular weight is 605 g/mol. The average Bonchev–Trinajstić information content (AvgIpc) is 3.56. The van der Waals surface area contributed by atoms with E-state index in [0.29, 0.717) is 0 Å². The third-order valence-electron chi connectivity index (χ3n) is 7.00. The minimum absolute atomic E-state index is 0.0186. The molecule has 3 aromatic heterocycles. The van der Waals surface area contributed by atoms with E-state index < -0.39 is 85.2 Å². The number of halogens is 6. The number of hydrogen-bond donors (Lipinski definition) is 3. The number of alkyl halides is 4. The lowest BCUT2D eigenvalue weighted by Gasteiger charge is -2.33. The SMILES string of the molecule is CC(c1cc(Cl)n[nH]c1=O)n1cc(NC(=O)[C@@H](NC(=O)c2ccnn2C(CF)CF)C2CCC(F)(F)CC2)c(F)n1. The van der Waals surface area contributed by atoms with Gasteiger partial charge in [0.2, 0.25) is 11.8 Å². The van der Waals surface area contributed by atoms with Crippen LogP contribution in [0.25, 0.3) is 0 Å².